The minimum atomic E-state index is 0.639. The van der Waals surface area contributed by atoms with E-state index in [1.54, 1.807) is 0 Å². The summed E-state index contributed by atoms with van der Waals surface area (Å²) in [6, 6.07) is 7.99. The molecule has 2 rings (SSSR count). The van der Waals surface area contributed by atoms with Crippen LogP contribution >= 0.6 is 11.8 Å². The molecule has 1 aromatic rings. The number of rotatable bonds is 4. The summed E-state index contributed by atoms with van der Waals surface area (Å²) in [7, 11) is 0. The van der Waals surface area contributed by atoms with Crippen LogP contribution in [0.3, 0.4) is 0 Å². The van der Waals surface area contributed by atoms with E-state index in [1.807, 2.05) is 43.0 Å². The van der Waals surface area contributed by atoms with Crippen LogP contribution in [0.4, 0.5) is 5.69 Å². The molecule has 3 nitrogen and oxygen atoms in total. The largest absolute Gasteiger partial charge is 0.494 e. The zero-order chi connectivity index (χ0) is 12.1. The highest BCUT2D eigenvalue weighted by Crippen LogP contribution is 2.25. The number of amidine groups is 1. The molecule has 1 aliphatic rings. The second-order valence-corrected chi connectivity index (χ2v) is 5.17. The summed E-state index contributed by atoms with van der Waals surface area (Å²) >= 11 is 1.83. The normalized spacial score (nSPS) is 18.9. The van der Waals surface area contributed by atoms with Crippen LogP contribution in [0.25, 0.3) is 0 Å². The van der Waals surface area contributed by atoms with E-state index in [1.165, 1.54) is 6.42 Å². The molecule has 4 heteroatoms. The van der Waals surface area contributed by atoms with Crippen molar-refractivity contribution < 1.29 is 4.74 Å². The van der Waals surface area contributed by atoms with Crippen molar-refractivity contribution in [3.63, 3.8) is 0 Å². The molecule has 0 saturated carbocycles. The standard InChI is InChI=1S/C13H18N2OS/c1-3-12-9-14-13(17-12)15-10-5-7-11(8-6-10)16-4-2/h5-8,12H,3-4,9H2,1-2H3,(H,14,15). The Morgan fingerprint density at radius 1 is 1.35 bits per heavy atom. The molecule has 0 aliphatic carbocycles. The second kappa shape index (κ2) is 5.96. The zero-order valence-electron chi connectivity index (χ0n) is 10.3. The lowest BCUT2D eigenvalue weighted by Crippen LogP contribution is -2.06. The molecular weight excluding hydrogens is 232 g/mol. The highest BCUT2D eigenvalue weighted by molar-refractivity contribution is 8.15. The number of hydrogen-bond donors (Lipinski definition) is 1. The maximum absolute atomic E-state index is 5.40. The van der Waals surface area contributed by atoms with Gasteiger partial charge in [0.05, 0.1) is 13.2 Å². The van der Waals surface area contributed by atoms with Crippen molar-refractivity contribution in [2.45, 2.75) is 25.5 Å². The Kier molecular flexibility index (Phi) is 4.31. The quantitative estimate of drug-likeness (QED) is 0.889. The van der Waals surface area contributed by atoms with Gasteiger partial charge >= 0.3 is 0 Å². The van der Waals surface area contributed by atoms with Gasteiger partial charge in [-0.1, -0.05) is 18.7 Å². The summed E-state index contributed by atoms with van der Waals surface area (Å²) in [5.74, 6) is 0.908. The van der Waals surface area contributed by atoms with Gasteiger partial charge in [0.25, 0.3) is 0 Å². The first kappa shape index (κ1) is 12.3. The zero-order valence-corrected chi connectivity index (χ0v) is 11.1. The minimum absolute atomic E-state index is 0.639. The lowest BCUT2D eigenvalue weighted by molar-refractivity contribution is 0.340. The third-order valence-electron chi connectivity index (χ3n) is 2.59. The Labute approximate surface area is 107 Å². The van der Waals surface area contributed by atoms with E-state index in [9.17, 15) is 0 Å². The summed E-state index contributed by atoms with van der Waals surface area (Å²) in [5, 5.41) is 5.00. The monoisotopic (exact) mass is 250 g/mol. The molecule has 1 atom stereocenters. The molecule has 0 spiro atoms. The van der Waals surface area contributed by atoms with E-state index in [0.717, 1.165) is 23.1 Å². The van der Waals surface area contributed by atoms with Gasteiger partial charge in [-0.3, -0.25) is 4.99 Å². The van der Waals surface area contributed by atoms with Gasteiger partial charge in [0.1, 0.15) is 5.75 Å². The van der Waals surface area contributed by atoms with Crippen LogP contribution in [0.15, 0.2) is 29.3 Å². The predicted molar refractivity (Wildman–Crippen MR) is 75.2 cm³/mol. The van der Waals surface area contributed by atoms with Crippen molar-refractivity contribution in [2.24, 2.45) is 4.99 Å². The van der Waals surface area contributed by atoms with Crippen LogP contribution in [0.5, 0.6) is 5.75 Å². The number of hydrogen-bond acceptors (Lipinski definition) is 4. The van der Waals surface area contributed by atoms with E-state index in [4.69, 9.17) is 4.74 Å². The summed E-state index contributed by atoms with van der Waals surface area (Å²) in [4.78, 5) is 4.48. The highest BCUT2D eigenvalue weighted by atomic mass is 32.2. The predicted octanol–water partition coefficient (Wildman–Crippen LogP) is 3.38. The molecule has 1 heterocycles. The Hall–Kier alpha value is -1.16. The van der Waals surface area contributed by atoms with Gasteiger partial charge in [0.2, 0.25) is 0 Å². The van der Waals surface area contributed by atoms with Crippen LogP contribution in [0.2, 0.25) is 0 Å². The van der Waals surface area contributed by atoms with Gasteiger partial charge in [-0.25, -0.2) is 0 Å². The Morgan fingerprint density at radius 3 is 2.71 bits per heavy atom. The summed E-state index contributed by atoms with van der Waals surface area (Å²) in [6.45, 7) is 5.82. The molecule has 1 N–H and O–H groups in total. The summed E-state index contributed by atoms with van der Waals surface area (Å²) < 4.78 is 5.40. The Bertz CT molecular complexity index is 389. The smallest absolute Gasteiger partial charge is 0.161 e. The number of nitrogens with one attached hydrogen (secondary N) is 1. The fraction of sp³-hybridized carbons (Fsp3) is 0.462. The van der Waals surface area contributed by atoms with E-state index >= 15 is 0 Å². The van der Waals surface area contributed by atoms with Gasteiger partial charge in [-0.15, -0.1) is 0 Å². The van der Waals surface area contributed by atoms with Crippen LogP contribution in [0.1, 0.15) is 20.3 Å². The fourth-order valence-corrected chi connectivity index (χ4v) is 2.58. The third kappa shape index (κ3) is 3.40. The lowest BCUT2D eigenvalue weighted by Gasteiger charge is -2.08. The minimum Gasteiger partial charge on any atom is -0.494 e. The van der Waals surface area contributed by atoms with Gasteiger partial charge in [0.15, 0.2) is 5.17 Å². The third-order valence-corrected chi connectivity index (χ3v) is 3.86. The van der Waals surface area contributed by atoms with Crippen molar-refractivity contribution in [1.82, 2.24) is 0 Å². The molecule has 1 unspecified atom stereocenters. The van der Waals surface area contributed by atoms with Crippen LogP contribution in [0, 0.1) is 0 Å². The van der Waals surface area contributed by atoms with Gasteiger partial charge in [0, 0.05) is 10.9 Å². The average Bonchev–Trinajstić information content (AvgIpc) is 2.80. The maximum Gasteiger partial charge on any atom is 0.161 e. The van der Waals surface area contributed by atoms with E-state index in [2.05, 4.69) is 17.2 Å². The number of benzene rings is 1. The Balaban J connectivity index is 1.91. The first-order valence-electron chi connectivity index (χ1n) is 6.02. The van der Waals surface area contributed by atoms with E-state index < -0.39 is 0 Å². The van der Waals surface area contributed by atoms with Crippen molar-refractivity contribution in [2.75, 3.05) is 18.5 Å². The van der Waals surface area contributed by atoms with Crippen molar-refractivity contribution in [1.29, 1.82) is 0 Å². The van der Waals surface area contributed by atoms with Crippen molar-refractivity contribution in [3.05, 3.63) is 24.3 Å². The van der Waals surface area contributed by atoms with Crippen molar-refractivity contribution in [3.8, 4) is 5.75 Å². The molecule has 0 fully saturated rings. The molecule has 0 amide bonds. The molecular formula is C13H18N2OS. The fourth-order valence-electron chi connectivity index (χ4n) is 1.62. The van der Waals surface area contributed by atoms with Crippen LogP contribution in [-0.2, 0) is 0 Å². The SMILES string of the molecule is CCOc1ccc(NC2=NCC(CC)S2)cc1. The maximum atomic E-state index is 5.40. The topological polar surface area (TPSA) is 33.6 Å². The van der Waals surface area contributed by atoms with E-state index in [0.29, 0.717) is 11.9 Å². The molecule has 0 bridgehead atoms. The lowest BCUT2D eigenvalue weighted by atomic mass is 10.3. The van der Waals surface area contributed by atoms with Gasteiger partial charge in [-0.05, 0) is 37.6 Å². The first-order chi connectivity index (χ1) is 8.31. The second-order valence-electron chi connectivity index (χ2n) is 3.88. The number of ether oxygens (including phenoxy) is 1. The number of aliphatic imine (C=N–C) groups is 1. The van der Waals surface area contributed by atoms with Crippen molar-refractivity contribution >= 4 is 22.6 Å². The molecule has 1 aromatic carbocycles. The van der Waals surface area contributed by atoms with Gasteiger partial charge in [-0.2, -0.15) is 0 Å². The van der Waals surface area contributed by atoms with E-state index in [-0.39, 0.29) is 0 Å². The average molecular weight is 250 g/mol. The number of anilines is 1. The molecule has 0 saturated heterocycles. The molecule has 0 aromatic heterocycles. The molecule has 0 radical (unpaired) electrons. The van der Waals surface area contributed by atoms with Crippen LogP contribution < -0.4 is 10.1 Å². The first-order valence-corrected chi connectivity index (χ1v) is 6.90. The molecule has 92 valence electrons. The number of thioether (sulfide) groups is 1. The van der Waals surface area contributed by atoms with Crippen LogP contribution in [-0.4, -0.2) is 23.6 Å². The Morgan fingerprint density at radius 2 is 2.12 bits per heavy atom. The summed E-state index contributed by atoms with van der Waals surface area (Å²) in [6.07, 6.45) is 1.17. The summed E-state index contributed by atoms with van der Waals surface area (Å²) in [5.41, 5.74) is 1.07. The molecule has 17 heavy (non-hydrogen) atoms. The molecule has 1 aliphatic heterocycles. The highest BCUT2D eigenvalue weighted by Gasteiger charge is 2.17. The number of nitrogens with zero attached hydrogens (tertiary/aromatic N) is 1. The van der Waals surface area contributed by atoms with Gasteiger partial charge < -0.3 is 10.1 Å².